The molecular weight excluding hydrogens is 276 g/mol. The van der Waals surface area contributed by atoms with E-state index in [2.05, 4.69) is 13.8 Å². The van der Waals surface area contributed by atoms with Crippen molar-refractivity contribution in [2.45, 2.75) is 38.9 Å². The fraction of sp³-hybridized carbons (Fsp3) is 0.444. The molecule has 1 aromatic rings. The molecular formula is C18H26N2O2. The van der Waals surface area contributed by atoms with E-state index in [-0.39, 0.29) is 0 Å². The maximum absolute atomic E-state index is 6.21. The minimum Gasteiger partial charge on any atom is -0.399 e. The van der Waals surface area contributed by atoms with E-state index in [0.29, 0.717) is 25.3 Å². The van der Waals surface area contributed by atoms with Crippen LogP contribution in [0.4, 0.5) is 5.69 Å². The van der Waals surface area contributed by atoms with Gasteiger partial charge in [0.2, 0.25) is 5.79 Å². The molecule has 4 N–H and O–H groups in total. The largest absolute Gasteiger partial charge is 0.399 e. The van der Waals surface area contributed by atoms with E-state index in [1.165, 1.54) is 0 Å². The number of anilines is 1. The van der Waals surface area contributed by atoms with E-state index >= 15 is 0 Å². The van der Waals surface area contributed by atoms with Gasteiger partial charge in [-0.15, -0.1) is 0 Å². The maximum atomic E-state index is 6.21. The standard InChI is InChI=1S/C18H26N2O2/c1-3-11-21-18(22-12-4-2)13-15(7-10-17(18)20)14-5-8-16(19)9-6-14/h5-10H,3-4,11-13,19-20H2,1-2H3. The highest BCUT2D eigenvalue weighted by molar-refractivity contribution is 5.71. The van der Waals surface area contributed by atoms with Crippen LogP contribution in [0.1, 0.15) is 38.7 Å². The van der Waals surface area contributed by atoms with Crippen LogP contribution in [0.5, 0.6) is 0 Å². The molecule has 22 heavy (non-hydrogen) atoms. The van der Waals surface area contributed by atoms with Gasteiger partial charge in [0.15, 0.2) is 0 Å². The normalized spacial score (nSPS) is 17.0. The van der Waals surface area contributed by atoms with Crippen molar-refractivity contribution in [3.63, 3.8) is 0 Å². The van der Waals surface area contributed by atoms with Crippen LogP contribution in [0.2, 0.25) is 0 Å². The molecule has 2 rings (SSSR count). The number of nitrogen functional groups attached to an aromatic ring is 1. The number of hydrogen-bond acceptors (Lipinski definition) is 4. The molecule has 0 saturated heterocycles. The fourth-order valence-electron chi connectivity index (χ4n) is 2.47. The monoisotopic (exact) mass is 302 g/mol. The maximum Gasteiger partial charge on any atom is 0.213 e. The predicted octanol–water partition coefficient (Wildman–Crippen LogP) is 3.45. The van der Waals surface area contributed by atoms with Crippen LogP contribution < -0.4 is 11.5 Å². The minimum atomic E-state index is -0.850. The van der Waals surface area contributed by atoms with Crippen LogP contribution in [-0.2, 0) is 9.47 Å². The van der Waals surface area contributed by atoms with Crippen LogP contribution in [0.25, 0.3) is 5.57 Å². The van der Waals surface area contributed by atoms with Crippen LogP contribution >= 0.6 is 0 Å². The predicted molar refractivity (Wildman–Crippen MR) is 90.9 cm³/mol. The molecule has 0 radical (unpaired) electrons. The average Bonchev–Trinajstić information content (AvgIpc) is 2.54. The quantitative estimate of drug-likeness (QED) is 0.598. The van der Waals surface area contributed by atoms with Crippen LogP contribution in [-0.4, -0.2) is 19.0 Å². The highest BCUT2D eigenvalue weighted by atomic mass is 16.7. The first-order valence-corrected chi connectivity index (χ1v) is 7.92. The molecule has 0 atom stereocenters. The lowest BCUT2D eigenvalue weighted by molar-refractivity contribution is -0.209. The van der Waals surface area contributed by atoms with Gasteiger partial charge in [-0.05, 0) is 42.2 Å². The number of nitrogens with two attached hydrogens (primary N) is 2. The van der Waals surface area contributed by atoms with E-state index < -0.39 is 5.79 Å². The van der Waals surface area contributed by atoms with Gasteiger partial charge in [-0.2, -0.15) is 0 Å². The second-order valence-electron chi connectivity index (χ2n) is 5.56. The first-order chi connectivity index (χ1) is 10.6. The number of rotatable bonds is 7. The van der Waals surface area contributed by atoms with E-state index in [9.17, 15) is 0 Å². The molecule has 1 aliphatic rings. The molecule has 0 heterocycles. The Kier molecular flexibility index (Phi) is 5.63. The smallest absolute Gasteiger partial charge is 0.213 e. The molecule has 120 valence electrons. The summed E-state index contributed by atoms with van der Waals surface area (Å²) in [5, 5.41) is 0. The van der Waals surface area contributed by atoms with Crippen molar-refractivity contribution < 1.29 is 9.47 Å². The first kappa shape index (κ1) is 16.6. The zero-order chi connectivity index (χ0) is 16.0. The molecule has 0 aromatic heterocycles. The van der Waals surface area contributed by atoms with Crippen molar-refractivity contribution >= 4 is 11.3 Å². The molecule has 0 unspecified atom stereocenters. The second kappa shape index (κ2) is 7.47. The summed E-state index contributed by atoms with van der Waals surface area (Å²) in [4.78, 5) is 0. The first-order valence-electron chi connectivity index (χ1n) is 7.92. The summed E-state index contributed by atoms with van der Waals surface area (Å²) < 4.78 is 12.1. The third kappa shape index (κ3) is 3.70. The third-order valence-corrected chi connectivity index (χ3v) is 3.69. The molecule has 0 spiro atoms. The van der Waals surface area contributed by atoms with Crippen molar-refractivity contribution in [2.24, 2.45) is 5.73 Å². The van der Waals surface area contributed by atoms with E-state index in [1.807, 2.05) is 36.4 Å². The summed E-state index contributed by atoms with van der Waals surface area (Å²) in [5.74, 6) is -0.850. The summed E-state index contributed by atoms with van der Waals surface area (Å²) in [6, 6.07) is 7.83. The summed E-state index contributed by atoms with van der Waals surface area (Å²) in [5.41, 5.74) is 15.6. The number of ether oxygens (including phenoxy) is 2. The molecule has 1 aromatic carbocycles. The SMILES string of the molecule is CCCOC1(OCCC)CC(c2ccc(N)cc2)=CC=C1N. The second-order valence-corrected chi connectivity index (χ2v) is 5.56. The van der Waals surface area contributed by atoms with Crippen LogP contribution in [0.15, 0.2) is 42.1 Å². The Bertz CT molecular complexity index is 539. The van der Waals surface area contributed by atoms with Gasteiger partial charge >= 0.3 is 0 Å². The lowest BCUT2D eigenvalue weighted by Gasteiger charge is -2.37. The summed E-state index contributed by atoms with van der Waals surface area (Å²) in [7, 11) is 0. The van der Waals surface area contributed by atoms with Gasteiger partial charge in [-0.25, -0.2) is 0 Å². The van der Waals surface area contributed by atoms with Gasteiger partial charge in [-0.3, -0.25) is 0 Å². The van der Waals surface area contributed by atoms with E-state index in [4.69, 9.17) is 20.9 Å². The van der Waals surface area contributed by atoms with Gasteiger partial charge in [0.05, 0.1) is 18.9 Å². The van der Waals surface area contributed by atoms with Gasteiger partial charge < -0.3 is 20.9 Å². The molecule has 4 nitrogen and oxygen atoms in total. The van der Waals surface area contributed by atoms with Crippen LogP contribution in [0.3, 0.4) is 0 Å². The zero-order valence-electron chi connectivity index (χ0n) is 13.5. The molecule has 0 aliphatic heterocycles. The Labute approximate surface area is 132 Å². The van der Waals surface area contributed by atoms with Gasteiger partial charge in [0, 0.05) is 12.1 Å². The Morgan fingerprint density at radius 1 is 0.955 bits per heavy atom. The lowest BCUT2D eigenvalue weighted by Crippen LogP contribution is -2.43. The number of allylic oxidation sites excluding steroid dienone is 2. The number of benzene rings is 1. The zero-order valence-corrected chi connectivity index (χ0v) is 13.5. The fourth-order valence-corrected chi connectivity index (χ4v) is 2.47. The third-order valence-electron chi connectivity index (χ3n) is 3.69. The molecule has 0 saturated carbocycles. The van der Waals surface area contributed by atoms with Gasteiger partial charge in [-0.1, -0.05) is 32.1 Å². The summed E-state index contributed by atoms with van der Waals surface area (Å²) in [6.45, 7) is 5.39. The number of hydrogen-bond donors (Lipinski definition) is 2. The summed E-state index contributed by atoms with van der Waals surface area (Å²) in [6.07, 6.45) is 6.38. The molecule has 0 bridgehead atoms. The molecule has 4 heteroatoms. The highest BCUT2D eigenvalue weighted by Gasteiger charge is 2.38. The van der Waals surface area contributed by atoms with Crippen molar-refractivity contribution in [1.29, 1.82) is 0 Å². The van der Waals surface area contributed by atoms with Crippen LogP contribution in [0, 0.1) is 0 Å². The Balaban J connectivity index is 2.26. The minimum absolute atomic E-state index is 0.610. The van der Waals surface area contributed by atoms with Crippen molar-refractivity contribution in [3.05, 3.63) is 47.7 Å². The van der Waals surface area contributed by atoms with Crippen molar-refractivity contribution in [1.82, 2.24) is 0 Å². The topological polar surface area (TPSA) is 70.5 Å². The van der Waals surface area contributed by atoms with Crippen molar-refractivity contribution in [3.8, 4) is 0 Å². The van der Waals surface area contributed by atoms with E-state index in [1.54, 1.807) is 0 Å². The highest BCUT2D eigenvalue weighted by Crippen LogP contribution is 2.36. The Hall–Kier alpha value is -1.78. The Morgan fingerprint density at radius 3 is 2.09 bits per heavy atom. The van der Waals surface area contributed by atoms with E-state index in [0.717, 1.165) is 29.7 Å². The lowest BCUT2D eigenvalue weighted by atomic mass is 9.91. The van der Waals surface area contributed by atoms with Gasteiger partial charge in [0.1, 0.15) is 0 Å². The molecule has 0 amide bonds. The summed E-state index contributed by atoms with van der Waals surface area (Å²) >= 11 is 0. The molecule has 1 aliphatic carbocycles. The average molecular weight is 302 g/mol. The Morgan fingerprint density at radius 2 is 1.55 bits per heavy atom. The van der Waals surface area contributed by atoms with Crippen molar-refractivity contribution in [2.75, 3.05) is 18.9 Å². The van der Waals surface area contributed by atoms with Gasteiger partial charge in [0.25, 0.3) is 0 Å². The molecule has 0 fully saturated rings.